The molecule has 0 atom stereocenters. The van der Waals surface area contributed by atoms with Gasteiger partial charge in [0.2, 0.25) is 0 Å². The van der Waals surface area contributed by atoms with Crippen LogP contribution in [0.1, 0.15) is 30.2 Å². The Kier molecular flexibility index (Phi) is 5.47. The zero-order valence-electron chi connectivity index (χ0n) is 18.7. The Morgan fingerprint density at radius 2 is 1.74 bits per heavy atom. The van der Waals surface area contributed by atoms with Crippen molar-refractivity contribution >= 4 is 22.6 Å². The normalized spacial score (nSPS) is 11.1. The largest absolute Gasteiger partial charge is 0.322 e. The minimum absolute atomic E-state index is 0.0911. The fourth-order valence-corrected chi connectivity index (χ4v) is 3.80. The van der Waals surface area contributed by atoms with Crippen LogP contribution < -0.4 is 10.9 Å². The highest BCUT2D eigenvalue weighted by Gasteiger charge is 2.19. The topological polar surface area (TPSA) is 106 Å². The molecule has 0 fully saturated rings. The number of hydrogen-bond acceptors (Lipinski definition) is 5. The van der Waals surface area contributed by atoms with Crippen LogP contribution in [0.25, 0.3) is 33.5 Å². The molecule has 3 heterocycles. The molecule has 8 nitrogen and oxygen atoms in total. The number of fused-ring (bicyclic) bond motifs is 1. The van der Waals surface area contributed by atoms with Gasteiger partial charge in [-0.15, -0.1) is 0 Å². The number of aromatic nitrogens is 5. The van der Waals surface area contributed by atoms with E-state index in [9.17, 15) is 9.59 Å². The standard InChI is InChI=1S/C26H22N6O2/c1-16(2)32-25-21(15-27-32)20(14-23(29-25)17-7-4-3-5-8-17)26(34)28-19-10-6-9-18(13-19)22-11-12-24(33)31-30-22/h3-16H,1-2H3,(H,28,34)(H,31,33). The van der Waals surface area contributed by atoms with Crippen LogP contribution in [0.2, 0.25) is 0 Å². The second-order valence-corrected chi connectivity index (χ2v) is 8.18. The maximum absolute atomic E-state index is 13.4. The number of carbonyl (C=O) groups excluding carboxylic acids is 1. The summed E-state index contributed by atoms with van der Waals surface area (Å²) in [6, 6.07) is 22.0. The minimum Gasteiger partial charge on any atom is -0.322 e. The first kappa shape index (κ1) is 21.3. The lowest BCUT2D eigenvalue weighted by atomic mass is 10.1. The molecule has 0 spiro atoms. The lowest BCUT2D eigenvalue weighted by molar-refractivity contribution is 0.102. The average Bonchev–Trinajstić information content (AvgIpc) is 3.29. The Morgan fingerprint density at radius 1 is 0.941 bits per heavy atom. The SMILES string of the molecule is CC(C)n1ncc2c(C(=O)Nc3cccc(-c4ccc(=O)[nH]n4)c3)cc(-c3ccccc3)nc21. The Bertz CT molecular complexity index is 1530. The van der Waals surface area contributed by atoms with Gasteiger partial charge in [-0.3, -0.25) is 9.59 Å². The molecule has 5 rings (SSSR count). The summed E-state index contributed by atoms with van der Waals surface area (Å²) in [6.07, 6.45) is 1.69. The smallest absolute Gasteiger partial charge is 0.264 e. The van der Waals surface area contributed by atoms with Gasteiger partial charge in [0.1, 0.15) is 0 Å². The molecule has 2 aromatic carbocycles. The molecule has 8 heteroatoms. The third-order valence-electron chi connectivity index (χ3n) is 5.47. The van der Waals surface area contributed by atoms with Crippen molar-refractivity contribution in [3.8, 4) is 22.5 Å². The Balaban J connectivity index is 1.55. The number of amides is 1. The summed E-state index contributed by atoms with van der Waals surface area (Å²) in [4.78, 5) is 29.6. The lowest BCUT2D eigenvalue weighted by Crippen LogP contribution is -2.13. The number of pyridine rings is 1. The highest BCUT2D eigenvalue weighted by molar-refractivity contribution is 6.12. The van der Waals surface area contributed by atoms with Gasteiger partial charge in [-0.05, 0) is 38.1 Å². The molecule has 0 radical (unpaired) electrons. The molecule has 0 aliphatic heterocycles. The van der Waals surface area contributed by atoms with Crippen LogP contribution in [0.4, 0.5) is 5.69 Å². The van der Waals surface area contributed by atoms with Crippen molar-refractivity contribution in [2.45, 2.75) is 19.9 Å². The predicted octanol–water partition coefficient (Wildman–Crippen LogP) is 4.68. The molecule has 1 amide bonds. The Morgan fingerprint density at radius 3 is 2.47 bits per heavy atom. The fraction of sp³-hybridized carbons (Fsp3) is 0.115. The molecular formula is C26H22N6O2. The number of H-pyrrole nitrogens is 1. The molecule has 0 unspecified atom stereocenters. The van der Waals surface area contributed by atoms with Gasteiger partial charge in [0, 0.05) is 28.9 Å². The van der Waals surface area contributed by atoms with Crippen LogP contribution in [0.3, 0.4) is 0 Å². The summed E-state index contributed by atoms with van der Waals surface area (Å²) < 4.78 is 1.82. The first-order valence-electron chi connectivity index (χ1n) is 10.9. The number of anilines is 1. The third kappa shape index (κ3) is 4.09. The van der Waals surface area contributed by atoms with Gasteiger partial charge in [0.25, 0.3) is 11.5 Å². The minimum atomic E-state index is -0.272. The molecule has 168 valence electrons. The van der Waals surface area contributed by atoms with E-state index in [0.29, 0.717) is 33.7 Å². The van der Waals surface area contributed by atoms with Gasteiger partial charge in [-0.25, -0.2) is 14.8 Å². The highest BCUT2D eigenvalue weighted by Crippen LogP contribution is 2.27. The predicted molar refractivity (Wildman–Crippen MR) is 132 cm³/mol. The van der Waals surface area contributed by atoms with Crippen LogP contribution in [0.5, 0.6) is 0 Å². The number of benzene rings is 2. The van der Waals surface area contributed by atoms with Gasteiger partial charge in [0.05, 0.1) is 28.5 Å². The number of rotatable bonds is 5. The molecule has 0 bridgehead atoms. The van der Waals surface area contributed by atoms with Gasteiger partial charge in [0.15, 0.2) is 5.65 Å². The van der Waals surface area contributed by atoms with Crippen LogP contribution >= 0.6 is 0 Å². The number of hydrogen-bond donors (Lipinski definition) is 2. The summed E-state index contributed by atoms with van der Waals surface area (Å²) in [5, 5.41) is 14.6. The van der Waals surface area contributed by atoms with E-state index >= 15 is 0 Å². The Labute approximate surface area is 195 Å². The second kappa shape index (κ2) is 8.74. The zero-order valence-corrected chi connectivity index (χ0v) is 18.7. The van der Waals surface area contributed by atoms with Crippen LogP contribution in [0, 0.1) is 0 Å². The van der Waals surface area contributed by atoms with Crippen LogP contribution in [0.15, 0.2) is 83.8 Å². The van der Waals surface area contributed by atoms with Crippen LogP contribution in [-0.4, -0.2) is 30.9 Å². The molecule has 0 saturated carbocycles. The maximum atomic E-state index is 13.4. The van der Waals surface area contributed by atoms with E-state index in [0.717, 1.165) is 11.1 Å². The van der Waals surface area contributed by atoms with E-state index in [2.05, 4.69) is 20.6 Å². The maximum Gasteiger partial charge on any atom is 0.264 e. The number of nitrogens with zero attached hydrogens (tertiary/aromatic N) is 4. The summed E-state index contributed by atoms with van der Waals surface area (Å²) in [5.41, 5.74) is 4.48. The second-order valence-electron chi connectivity index (χ2n) is 8.18. The van der Waals surface area contributed by atoms with Gasteiger partial charge in [-0.2, -0.15) is 10.2 Å². The molecule has 0 saturated heterocycles. The third-order valence-corrected chi connectivity index (χ3v) is 5.47. The molecular weight excluding hydrogens is 428 g/mol. The van der Waals surface area contributed by atoms with Crippen molar-refractivity contribution in [2.75, 3.05) is 5.32 Å². The van der Waals surface area contributed by atoms with E-state index in [-0.39, 0.29) is 17.5 Å². The number of carbonyl (C=O) groups is 1. The first-order valence-corrected chi connectivity index (χ1v) is 10.9. The van der Waals surface area contributed by atoms with Crippen molar-refractivity contribution in [1.29, 1.82) is 0 Å². The van der Waals surface area contributed by atoms with E-state index in [1.807, 2.05) is 67.1 Å². The first-order chi connectivity index (χ1) is 16.5. The monoisotopic (exact) mass is 450 g/mol. The average molecular weight is 451 g/mol. The van der Waals surface area contributed by atoms with Gasteiger partial charge >= 0.3 is 0 Å². The van der Waals surface area contributed by atoms with Crippen molar-refractivity contribution in [3.63, 3.8) is 0 Å². The van der Waals surface area contributed by atoms with E-state index < -0.39 is 0 Å². The lowest BCUT2D eigenvalue weighted by Gasteiger charge is -2.12. The molecule has 0 aliphatic carbocycles. The van der Waals surface area contributed by atoms with Crippen molar-refractivity contribution in [1.82, 2.24) is 25.0 Å². The number of nitrogens with one attached hydrogen (secondary N) is 2. The summed E-state index contributed by atoms with van der Waals surface area (Å²) >= 11 is 0. The summed E-state index contributed by atoms with van der Waals surface area (Å²) in [5.74, 6) is -0.264. The quantitative estimate of drug-likeness (QED) is 0.404. The molecule has 34 heavy (non-hydrogen) atoms. The fourth-order valence-electron chi connectivity index (χ4n) is 3.80. The van der Waals surface area contributed by atoms with E-state index in [1.54, 1.807) is 24.4 Å². The van der Waals surface area contributed by atoms with Crippen molar-refractivity contribution in [3.05, 3.63) is 94.9 Å². The van der Waals surface area contributed by atoms with E-state index in [1.165, 1.54) is 6.07 Å². The van der Waals surface area contributed by atoms with Crippen molar-refractivity contribution < 1.29 is 4.79 Å². The molecule has 0 aliphatic rings. The van der Waals surface area contributed by atoms with E-state index in [4.69, 9.17) is 4.98 Å². The van der Waals surface area contributed by atoms with Gasteiger partial charge in [-0.1, -0.05) is 42.5 Å². The molecule has 2 N–H and O–H groups in total. The summed E-state index contributed by atoms with van der Waals surface area (Å²) in [7, 11) is 0. The molecule has 5 aromatic rings. The zero-order chi connectivity index (χ0) is 23.7. The number of aromatic amines is 1. The van der Waals surface area contributed by atoms with Crippen LogP contribution in [-0.2, 0) is 0 Å². The van der Waals surface area contributed by atoms with Crippen molar-refractivity contribution in [2.24, 2.45) is 0 Å². The molecule has 3 aromatic heterocycles. The Hall–Kier alpha value is -4.59. The van der Waals surface area contributed by atoms with Gasteiger partial charge < -0.3 is 5.32 Å². The highest BCUT2D eigenvalue weighted by atomic mass is 16.1. The summed E-state index contributed by atoms with van der Waals surface area (Å²) in [6.45, 7) is 4.05.